The molecular weight excluding hydrogens is 406 g/mol. The molecule has 0 aromatic heterocycles. The monoisotopic (exact) mass is 422 g/mol. The van der Waals surface area contributed by atoms with Gasteiger partial charge in [0.25, 0.3) is 0 Å². The molecule has 0 saturated carbocycles. The van der Waals surface area contributed by atoms with Crippen molar-refractivity contribution in [2.24, 2.45) is 0 Å². The third-order valence-electron chi connectivity index (χ3n) is 4.30. The SMILES string of the molecule is N#Cc1ccc(N2CCC(Sc3ccc(CBr)cc3F)CC2)c(F)c1. The molecule has 2 aromatic carbocycles. The molecule has 3 rings (SSSR count). The van der Waals surface area contributed by atoms with Gasteiger partial charge in [-0.2, -0.15) is 5.26 Å². The summed E-state index contributed by atoms with van der Waals surface area (Å²) in [5.41, 5.74) is 1.79. The maximum absolute atomic E-state index is 14.1. The largest absolute Gasteiger partial charge is 0.369 e. The fourth-order valence-electron chi connectivity index (χ4n) is 2.95. The van der Waals surface area contributed by atoms with Gasteiger partial charge in [-0.25, -0.2) is 8.78 Å². The van der Waals surface area contributed by atoms with Crippen LogP contribution in [0.25, 0.3) is 0 Å². The van der Waals surface area contributed by atoms with Crippen LogP contribution in [0, 0.1) is 23.0 Å². The average Bonchev–Trinajstić information content (AvgIpc) is 2.64. The van der Waals surface area contributed by atoms with Crippen LogP contribution >= 0.6 is 27.7 Å². The lowest BCUT2D eigenvalue weighted by Gasteiger charge is -2.33. The molecule has 1 saturated heterocycles. The summed E-state index contributed by atoms with van der Waals surface area (Å²) in [4.78, 5) is 2.67. The Bertz CT molecular complexity index is 798. The van der Waals surface area contributed by atoms with Crippen molar-refractivity contribution in [3.8, 4) is 6.07 Å². The Hall–Kier alpha value is -1.58. The summed E-state index contributed by atoms with van der Waals surface area (Å²) in [7, 11) is 0. The summed E-state index contributed by atoms with van der Waals surface area (Å²) in [5.74, 6) is -0.538. The predicted octanol–water partition coefficient (Wildman–Crippen LogP) is 5.49. The van der Waals surface area contributed by atoms with Gasteiger partial charge < -0.3 is 4.90 Å². The predicted molar refractivity (Wildman–Crippen MR) is 101 cm³/mol. The number of rotatable bonds is 4. The van der Waals surface area contributed by atoms with Gasteiger partial charge in [0.2, 0.25) is 0 Å². The van der Waals surface area contributed by atoms with E-state index in [0.29, 0.717) is 26.7 Å². The van der Waals surface area contributed by atoms with Crippen LogP contribution in [0.2, 0.25) is 0 Å². The molecule has 1 aliphatic heterocycles. The van der Waals surface area contributed by atoms with E-state index in [0.717, 1.165) is 31.5 Å². The Morgan fingerprint density at radius 3 is 2.48 bits per heavy atom. The van der Waals surface area contributed by atoms with E-state index in [1.807, 2.05) is 23.1 Å². The lowest BCUT2D eigenvalue weighted by Crippen LogP contribution is -2.35. The summed E-state index contributed by atoms with van der Waals surface area (Å²) < 4.78 is 28.3. The van der Waals surface area contributed by atoms with Crippen LogP contribution in [0.15, 0.2) is 41.3 Å². The average molecular weight is 423 g/mol. The first-order valence-corrected chi connectivity index (χ1v) is 10.1. The van der Waals surface area contributed by atoms with E-state index in [2.05, 4.69) is 15.9 Å². The third kappa shape index (κ3) is 4.34. The van der Waals surface area contributed by atoms with Crippen molar-refractivity contribution in [3.05, 3.63) is 59.2 Å². The molecule has 0 radical (unpaired) electrons. The standard InChI is InChI=1S/C19H17BrF2N2S/c20-11-13-2-4-19(17(22)9-13)25-15-5-7-24(8-6-15)18-3-1-14(12-23)10-16(18)21/h1-4,9-10,15H,5-8,11H2. The second-order valence-corrected chi connectivity index (χ2v) is 7.88. The number of nitrogens with zero attached hydrogens (tertiary/aromatic N) is 2. The van der Waals surface area contributed by atoms with Gasteiger partial charge in [0, 0.05) is 28.6 Å². The second-order valence-electron chi connectivity index (χ2n) is 5.98. The zero-order chi connectivity index (χ0) is 17.8. The quantitative estimate of drug-likeness (QED) is 0.609. The van der Waals surface area contributed by atoms with Gasteiger partial charge in [-0.15, -0.1) is 11.8 Å². The Balaban J connectivity index is 1.61. The smallest absolute Gasteiger partial charge is 0.147 e. The van der Waals surface area contributed by atoms with Crippen molar-refractivity contribution in [1.29, 1.82) is 5.26 Å². The van der Waals surface area contributed by atoms with Crippen molar-refractivity contribution in [1.82, 2.24) is 0 Å². The first kappa shape index (κ1) is 18.2. The fourth-order valence-corrected chi connectivity index (χ4v) is 4.42. The molecule has 1 aliphatic rings. The molecule has 6 heteroatoms. The summed E-state index contributed by atoms with van der Waals surface area (Å²) >= 11 is 4.89. The minimum absolute atomic E-state index is 0.178. The van der Waals surface area contributed by atoms with Gasteiger partial charge in [0.05, 0.1) is 17.3 Å². The molecule has 130 valence electrons. The van der Waals surface area contributed by atoms with Crippen molar-refractivity contribution >= 4 is 33.4 Å². The number of benzene rings is 2. The zero-order valence-corrected chi connectivity index (χ0v) is 15.9. The van der Waals surface area contributed by atoms with Gasteiger partial charge in [-0.05, 0) is 48.7 Å². The van der Waals surface area contributed by atoms with Crippen LogP contribution in [0.1, 0.15) is 24.0 Å². The van der Waals surface area contributed by atoms with E-state index >= 15 is 0 Å². The van der Waals surface area contributed by atoms with E-state index in [-0.39, 0.29) is 11.6 Å². The molecule has 2 nitrogen and oxygen atoms in total. The van der Waals surface area contributed by atoms with Crippen molar-refractivity contribution in [2.45, 2.75) is 28.3 Å². The maximum atomic E-state index is 14.1. The minimum Gasteiger partial charge on any atom is -0.369 e. The molecule has 0 atom stereocenters. The molecular formula is C19H17BrF2N2S. The Morgan fingerprint density at radius 1 is 1.12 bits per heavy atom. The van der Waals surface area contributed by atoms with Crippen LogP contribution in [0.4, 0.5) is 14.5 Å². The van der Waals surface area contributed by atoms with E-state index in [9.17, 15) is 8.78 Å². The molecule has 0 amide bonds. The van der Waals surface area contributed by atoms with Gasteiger partial charge in [0.1, 0.15) is 11.6 Å². The molecule has 0 unspecified atom stereocenters. The molecule has 25 heavy (non-hydrogen) atoms. The first-order chi connectivity index (χ1) is 12.1. The highest BCUT2D eigenvalue weighted by molar-refractivity contribution is 9.08. The molecule has 0 bridgehead atoms. The number of hydrogen-bond donors (Lipinski definition) is 0. The third-order valence-corrected chi connectivity index (χ3v) is 6.34. The number of halogens is 3. The number of thioether (sulfide) groups is 1. The van der Waals surface area contributed by atoms with Crippen LogP contribution in [0.3, 0.4) is 0 Å². The summed E-state index contributed by atoms with van der Waals surface area (Å²) in [6.45, 7) is 1.45. The topological polar surface area (TPSA) is 27.0 Å². The van der Waals surface area contributed by atoms with Crippen molar-refractivity contribution < 1.29 is 8.78 Å². The molecule has 2 aromatic rings. The van der Waals surface area contributed by atoms with Gasteiger partial charge >= 0.3 is 0 Å². The van der Waals surface area contributed by atoms with E-state index in [4.69, 9.17) is 5.26 Å². The Morgan fingerprint density at radius 2 is 1.88 bits per heavy atom. The van der Waals surface area contributed by atoms with E-state index < -0.39 is 0 Å². The van der Waals surface area contributed by atoms with Crippen LogP contribution in [-0.4, -0.2) is 18.3 Å². The lowest BCUT2D eigenvalue weighted by atomic mass is 10.1. The summed E-state index contributed by atoms with van der Waals surface area (Å²) in [6, 6.07) is 11.9. The summed E-state index contributed by atoms with van der Waals surface area (Å²) in [5, 5.41) is 9.79. The summed E-state index contributed by atoms with van der Waals surface area (Å²) in [6.07, 6.45) is 1.73. The number of anilines is 1. The number of nitriles is 1. The molecule has 0 spiro atoms. The van der Waals surface area contributed by atoms with Crippen LogP contribution < -0.4 is 4.90 Å². The molecule has 1 heterocycles. The molecule has 0 aliphatic carbocycles. The number of piperidine rings is 1. The highest BCUT2D eigenvalue weighted by atomic mass is 79.9. The van der Waals surface area contributed by atoms with Gasteiger partial charge in [-0.3, -0.25) is 0 Å². The number of hydrogen-bond acceptors (Lipinski definition) is 3. The number of alkyl halides is 1. The zero-order valence-electron chi connectivity index (χ0n) is 13.5. The lowest BCUT2D eigenvalue weighted by molar-refractivity contribution is 0.563. The van der Waals surface area contributed by atoms with Crippen LogP contribution in [-0.2, 0) is 5.33 Å². The van der Waals surface area contributed by atoms with Gasteiger partial charge in [0.15, 0.2) is 0 Å². The maximum Gasteiger partial charge on any atom is 0.147 e. The highest BCUT2D eigenvalue weighted by Crippen LogP contribution is 2.34. The van der Waals surface area contributed by atoms with Crippen molar-refractivity contribution in [3.63, 3.8) is 0 Å². The van der Waals surface area contributed by atoms with Gasteiger partial charge in [-0.1, -0.05) is 22.0 Å². The first-order valence-electron chi connectivity index (χ1n) is 8.06. The molecule has 1 fully saturated rings. The minimum atomic E-state index is -0.360. The van der Waals surface area contributed by atoms with E-state index in [1.165, 1.54) is 6.07 Å². The normalized spacial score (nSPS) is 15.2. The Kier molecular flexibility index (Phi) is 5.98. The second kappa shape index (κ2) is 8.20. The van der Waals surface area contributed by atoms with Crippen molar-refractivity contribution in [2.75, 3.05) is 18.0 Å². The Labute approximate surface area is 159 Å². The highest BCUT2D eigenvalue weighted by Gasteiger charge is 2.23. The fraction of sp³-hybridized carbons (Fsp3) is 0.316. The van der Waals surface area contributed by atoms with Crippen LogP contribution in [0.5, 0.6) is 0 Å². The van der Waals surface area contributed by atoms with E-state index in [1.54, 1.807) is 30.0 Å². The molecule has 0 N–H and O–H groups in total.